The summed E-state index contributed by atoms with van der Waals surface area (Å²) >= 11 is 0. The van der Waals surface area contributed by atoms with Crippen molar-refractivity contribution in [2.45, 2.75) is 100 Å². The van der Waals surface area contributed by atoms with E-state index in [1.165, 1.54) is 6.07 Å². The fraction of sp³-hybridized carbons (Fsp3) is 0.333. The van der Waals surface area contributed by atoms with Crippen LogP contribution in [0, 0.1) is 6.92 Å². The van der Waals surface area contributed by atoms with Gasteiger partial charge in [-0.3, -0.25) is 4.18 Å². The molecule has 6 aromatic rings. The number of ether oxygens (including phenoxy) is 9. The number of hydrogen-bond acceptors (Lipinski definition) is 12. The minimum atomic E-state index is -4.22. The predicted molar refractivity (Wildman–Crippen MR) is 250 cm³/mol. The molecule has 2 fully saturated rings. The van der Waals surface area contributed by atoms with Crippen LogP contribution in [0.15, 0.2) is 181 Å². The van der Waals surface area contributed by atoms with Crippen LogP contribution in [-0.2, 0) is 90.0 Å². The minimum absolute atomic E-state index is 0.0600. The zero-order chi connectivity index (χ0) is 46.3. The molecule has 352 valence electrons. The van der Waals surface area contributed by atoms with Crippen LogP contribution >= 0.6 is 0 Å². The molecular formula is C54H58O12S. The highest BCUT2D eigenvalue weighted by atomic mass is 32.2. The number of aryl methyl sites for hydroxylation is 1. The smallest absolute Gasteiger partial charge is 0.297 e. The monoisotopic (exact) mass is 930 g/mol. The van der Waals surface area contributed by atoms with Crippen LogP contribution in [0.25, 0.3) is 0 Å². The highest BCUT2D eigenvalue weighted by Crippen LogP contribution is 2.37. The first kappa shape index (κ1) is 48.3. The van der Waals surface area contributed by atoms with E-state index in [1.807, 2.05) is 152 Å². The van der Waals surface area contributed by atoms with Gasteiger partial charge in [0.1, 0.15) is 42.7 Å². The number of hydrogen-bond donors (Lipinski definition) is 0. The molecule has 0 amide bonds. The number of methoxy groups -OCH3 is 1. The van der Waals surface area contributed by atoms with Gasteiger partial charge in [0, 0.05) is 7.11 Å². The van der Waals surface area contributed by atoms with Crippen molar-refractivity contribution in [2.24, 2.45) is 0 Å². The van der Waals surface area contributed by atoms with Crippen molar-refractivity contribution in [1.82, 2.24) is 0 Å². The quantitative estimate of drug-likeness (QED) is 0.0571. The van der Waals surface area contributed by atoms with Crippen LogP contribution in [0.4, 0.5) is 0 Å². The van der Waals surface area contributed by atoms with E-state index < -0.39 is 72.0 Å². The van der Waals surface area contributed by atoms with Gasteiger partial charge in [0.25, 0.3) is 10.1 Å². The van der Waals surface area contributed by atoms with Crippen LogP contribution in [0.5, 0.6) is 0 Å². The molecule has 2 aliphatic heterocycles. The Bertz CT molecular complexity index is 2470. The molecule has 6 aromatic carbocycles. The topological polar surface area (TPSA) is 126 Å². The first-order valence-electron chi connectivity index (χ1n) is 22.5. The van der Waals surface area contributed by atoms with Crippen LogP contribution in [0.3, 0.4) is 0 Å². The van der Waals surface area contributed by atoms with Gasteiger partial charge in [-0.1, -0.05) is 170 Å². The van der Waals surface area contributed by atoms with Crippen molar-refractivity contribution in [3.63, 3.8) is 0 Å². The molecule has 0 unspecified atom stereocenters. The molecule has 0 N–H and O–H groups in total. The predicted octanol–water partition coefficient (Wildman–Crippen LogP) is 8.74. The number of benzene rings is 6. The SMILES string of the molecule is CO[C@H]1O[C@H](COCc2ccccc2)[C@@H](O[C@@H]2O[C@@H](COS(=O)(=O)c3ccccc3C)[C@@H](OCc3ccccc3)[C@@H]2OCc2ccccc2)[C@H](OCc2ccccc2)[C@@H]1OCc1ccccc1. The minimum Gasteiger partial charge on any atom is -0.374 e. The van der Waals surface area contributed by atoms with Gasteiger partial charge in [0.15, 0.2) is 12.6 Å². The first-order chi connectivity index (χ1) is 32.8. The lowest BCUT2D eigenvalue weighted by molar-refractivity contribution is -0.343. The van der Waals surface area contributed by atoms with Crippen molar-refractivity contribution in [3.05, 3.63) is 209 Å². The van der Waals surface area contributed by atoms with Gasteiger partial charge >= 0.3 is 0 Å². The van der Waals surface area contributed by atoms with Crippen LogP contribution in [0.2, 0.25) is 0 Å². The summed E-state index contributed by atoms with van der Waals surface area (Å²) in [6.45, 7) is 2.49. The standard InChI is InChI=1S/C54H58O12S/c1-39-20-18-19-31-47(39)67(55,56)63-38-46-48(59-33-41-23-10-4-11-24-41)51(61-35-43-27-14-6-15-28-43)54(65-46)66-49-45(37-58-32-40-21-8-3-9-22-40)64-53(57-2)52(62-36-44-29-16-7-17-30-44)50(49)60-34-42-25-12-5-13-26-42/h3-31,45-46,48-54H,32-38H2,1-2H3/t45-,46+,48-,49-,50+,51+,52+,53+,54+/m1/s1. The van der Waals surface area contributed by atoms with Crippen molar-refractivity contribution in [2.75, 3.05) is 20.3 Å². The molecule has 0 spiro atoms. The maximum Gasteiger partial charge on any atom is 0.297 e. The van der Waals surface area contributed by atoms with E-state index in [1.54, 1.807) is 32.2 Å². The van der Waals surface area contributed by atoms with E-state index in [0.29, 0.717) is 12.2 Å². The summed E-state index contributed by atoms with van der Waals surface area (Å²) in [5.74, 6) is 0. The van der Waals surface area contributed by atoms with E-state index in [2.05, 4.69) is 0 Å². The average molecular weight is 931 g/mol. The van der Waals surface area contributed by atoms with Crippen LogP contribution in [0.1, 0.15) is 33.4 Å². The molecule has 9 atom stereocenters. The lowest BCUT2D eigenvalue weighted by Gasteiger charge is -2.46. The maximum atomic E-state index is 13.8. The summed E-state index contributed by atoms with van der Waals surface area (Å²) in [4.78, 5) is 0.0600. The summed E-state index contributed by atoms with van der Waals surface area (Å²) in [5.41, 5.74) is 5.21. The van der Waals surface area contributed by atoms with Crippen molar-refractivity contribution in [1.29, 1.82) is 0 Å². The van der Waals surface area contributed by atoms with Gasteiger partial charge in [0.05, 0.1) is 51.1 Å². The molecule has 0 bridgehead atoms. The Morgan fingerprint density at radius 3 is 1.30 bits per heavy atom. The molecular weight excluding hydrogens is 873 g/mol. The second kappa shape index (κ2) is 24.2. The molecule has 0 aliphatic carbocycles. The van der Waals surface area contributed by atoms with Crippen molar-refractivity contribution < 1.29 is 55.2 Å². The van der Waals surface area contributed by atoms with E-state index in [0.717, 1.165) is 27.8 Å². The third kappa shape index (κ3) is 13.3. The van der Waals surface area contributed by atoms with Gasteiger partial charge in [-0.15, -0.1) is 0 Å². The molecule has 2 aliphatic rings. The molecule has 0 aromatic heterocycles. The normalized spacial score (nSPS) is 24.1. The zero-order valence-corrected chi connectivity index (χ0v) is 38.5. The third-order valence-electron chi connectivity index (χ3n) is 11.7. The van der Waals surface area contributed by atoms with Crippen LogP contribution < -0.4 is 0 Å². The maximum absolute atomic E-state index is 13.8. The van der Waals surface area contributed by atoms with Crippen molar-refractivity contribution in [3.8, 4) is 0 Å². The van der Waals surface area contributed by atoms with Gasteiger partial charge in [-0.2, -0.15) is 8.42 Å². The van der Waals surface area contributed by atoms with Gasteiger partial charge in [0.2, 0.25) is 0 Å². The fourth-order valence-electron chi connectivity index (χ4n) is 8.19. The molecule has 67 heavy (non-hydrogen) atoms. The van der Waals surface area contributed by atoms with Gasteiger partial charge in [-0.25, -0.2) is 0 Å². The molecule has 13 heteroatoms. The lowest BCUT2D eigenvalue weighted by atomic mass is 9.97. The molecule has 0 radical (unpaired) electrons. The summed E-state index contributed by atoms with van der Waals surface area (Å²) in [7, 11) is -2.65. The Morgan fingerprint density at radius 2 is 0.821 bits per heavy atom. The first-order valence-corrected chi connectivity index (χ1v) is 23.9. The summed E-state index contributed by atoms with van der Waals surface area (Å²) < 4.78 is 93.5. The summed E-state index contributed by atoms with van der Waals surface area (Å²) in [6, 6.07) is 55.6. The lowest BCUT2D eigenvalue weighted by Crippen LogP contribution is -2.62. The third-order valence-corrected chi connectivity index (χ3v) is 13.1. The zero-order valence-electron chi connectivity index (χ0n) is 37.7. The summed E-state index contributed by atoms with van der Waals surface area (Å²) in [6.07, 6.45) is -8.17. The fourth-order valence-corrected chi connectivity index (χ4v) is 9.34. The van der Waals surface area contributed by atoms with E-state index in [-0.39, 0.29) is 37.9 Å². The Kier molecular flexibility index (Phi) is 17.5. The average Bonchev–Trinajstić information content (AvgIpc) is 3.70. The van der Waals surface area contributed by atoms with Crippen LogP contribution in [-0.4, -0.2) is 84.0 Å². The van der Waals surface area contributed by atoms with Crippen molar-refractivity contribution >= 4 is 10.1 Å². The van der Waals surface area contributed by atoms with E-state index in [4.69, 9.17) is 46.8 Å². The van der Waals surface area contributed by atoms with E-state index >= 15 is 0 Å². The van der Waals surface area contributed by atoms with Gasteiger partial charge < -0.3 is 42.6 Å². The molecule has 8 rings (SSSR count). The molecule has 2 heterocycles. The van der Waals surface area contributed by atoms with E-state index in [9.17, 15) is 8.42 Å². The largest absolute Gasteiger partial charge is 0.374 e. The second-order valence-electron chi connectivity index (χ2n) is 16.5. The molecule has 2 saturated heterocycles. The Morgan fingerprint density at radius 1 is 0.433 bits per heavy atom. The second-order valence-corrected chi connectivity index (χ2v) is 18.1. The highest BCUT2D eigenvalue weighted by molar-refractivity contribution is 7.86. The Labute approximate surface area is 393 Å². The molecule has 0 saturated carbocycles. The highest BCUT2D eigenvalue weighted by Gasteiger charge is 2.54. The Balaban J connectivity index is 1.15. The van der Waals surface area contributed by atoms with Gasteiger partial charge in [-0.05, 0) is 46.4 Å². The molecule has 12 nitrogen and oxygen atoms in total. The number of rotatable bonds is 23. The Hall–Kier alpha value is -5.13. The summed E-state index contributed by atoms with van der Waals surface area (Å²) in [5, 5.41) is 0.